The highest BCUT2D eigenvalue weighted by Crippen LogP contribution is 2.10. The fraction of sp³-hybridized carbons (Fsp3) is 0.700. The summed E-state index contributed by atoms with van der Waals surface area (Å²) in [5.74, 6) is 0.445. The lowest BCUT2D eigenvalue weighted by Crippen LogP contribution is -2.44. The molecule has 0 bridgehead atoms. The smallest absolute Gasteiger partial charge is 0.189 e. The maximum Gasteiger partial charge on any atom is 0.189 e. The molecule has 3 N–H and O–H groups in total. The number of aromatic nitrogens is 2. The summed E-state index contributed by atoms with van der Waals surface area (Å²) in [6.07, 6.45) is 0.914. The summed E-state index contributed by atoms with van der Waals surface area (Å²) in [4.78, 5) is 4.22. The summed E-state index contributed by atoms with van der Waals surface area (Å²) in [5, 5.41) is 13.1. The van der Waals surface area contributed by atoms with Crippen LogP contribution in [0.5, 0.6) is 0 Å². The minimum absolute atomic E-state index is 0.0662. The highest BCUT2D eigenvalue weighted by Gasteiger charge is 2.09. The number of hydrogen-bond acceptors (Lipinski definition) is 4. The van der Waals surface area contributed by atoms with Crippen molar-refractivity contribution in [3.05, 3.63) is 10.0 Å². The van der Waals surface area contributed by atoms with Gasteiger partial charge in [-0.05, 0) is 27.2 Å². The van der Waals surface area contributed by atoms with Crippen LogP contribution in [0.3, 0.4) is 0 Å². The molecule has 0 unspecified atom stereocenters. The average molecular weight is 241 g/mol. The van der Waals surface area contributed by atoms with Crippen molar-refractivity contribution in [3.63, 3.8) is 0 Å². The van der Waals surface area contributed by atoms with Gasteiger partial charge in [-0.1, -0.05) is 18.3 Å². The maximum absolute atomic E-state index is 5.74. The second-order valence-corrected chi connectivity index (χ2v) is 5.67. The number of hydrogen-bond donors (Lipinski definition) is 2. The highest BCUT2D eigenvalue weighted by atomic mass is 32.1. The summed E-state index contributed by atoms with van der Waals surface area (Å²) in [6, 6.07) is 0. The second kappa shape index (κ2) is 5.25. The number of nitrogens with one attached hydrogen (secondary N) is 1. The molecule has 0 atom stereocenters. The third kappa shape index (κ3) is 4.57. The second-order valence-electron chi connectivity index (χ2n) is 4.52. The fourth-order valence-corrected chi connectivity index (χ4v) is 1.78. The first-order chi connectivity index (χ1) is 7.40. The van der Waals surface area contributed by atoms with E-state index >= 15 is 0 Å². The van der Waals surface area contributed by atoms with E-state index in [-0.39, 0.29) is 5.54 Å². The predicted molar refractivity (Wildman–Crippen MR) is 67.5 cm³/mol. The molecule has 0 saturated carbocycles. The summed E-state index contributed by atoms with van der Waals surface area (Å²) >= 11 is 1.58. The molecule has 0 aliphatic rings. The molecule has 90 valence electrons. The minimum Gasteiger partial charge on any atom is -0.370 e. The molecule has 0 spiro atoms. The third-order valence-corrected chi connectivity index (χ3v) is 2.75. The van der Waals surface area contributed by atoms with E-state index in [0.717, 1.165) is 16.4 Å². The monoisotopic (exact) mass is 241 g/mol. The molecule has 1 aromatic rings. The number of rotatable bonds is 3. The van der Waals surface area contributed by atoms with Crippen molar-refractivity contribution in [2.24, 2.45) is 10.7 Å². The molecule has 0 aliphatic heterocycles. The van der Waals surface area contributed by atoms with Gasteiger partial charge >= 0.3 is 0 Å². The van der Waals surface area contributed by atoms with Gasteiger partial charge < -0.3 is 11.1 Å². The summed E-state index contributed by atoms with van der Waals surface area (Å²) in [6.45, 7) is 8.66. The Bertz CT molecular complexity index is 364. The van der Waals surface area contributed by atoms with Crippen molar-refractivity contribution >= 4 is 17.3 Å². The lowest BCUT2D eigenvalue weighted by atomic mass is 10.1. The van der Waals surface area contributed by atoms with E-state index in [1.165, 1.54) is 0 Å². The van der Waals surface area contributed by atoms with E-state index in [1.54, 1.807) is 11.3 Å². The Kier molecular flexibility index (Phi) is 4.23. The lowest BCUT2D eigenvalue weighted by Gasteiger charge is -2.20. The van der Waals surface area contributed by atoms with Crippen LogP contribution in [-0.4, -0.2) is 21.7 Å². The maximum atomic E-state index is 5.74. The zero-order valence-electron chi connectivity index (χ0n) is 10.2. The van der Waals surface area contributed by atoms with Gasteiger partial charge in [0, 0.05) is 5.54 Å². The Morgan fingerprint density at radius 3 is 2.50 bits per heavy atom. The molecular weight excluding hydrogens is 222 g/mol. The van der Waals surface area contributed by atoms with E-state index in [0.29, 0.717) is 12.5 Å². The van der Waals surface area contributed by atoms with Gasteiger partial charge in [-0.3, -0.25) is 0 Å². The standard InChI is InChI=1S/C10H19N5S/c1-5-7-14-15-8(16-7)6-12-9(11)13-10(2,3)4/h5-6H2,1-4H3,(H3,11,12,13). The molecule has 5 nitrogen and oxygen atoms in total. The van der Waals surface area contributed by atoms with Gasteiger partial charge in [-0.25, -0.2) is 4.99 Å². The van der Waals surface area contributed by atoms with Crippen LogP contribution in [0, 0.1) is 0 Å². The van der Waals surface area contributed by atoms with Crippen molar-refractivity contribution in [1.82, 2.24) is 15.5 Å². The Hall–Kier alpha value is -1.17. The summed E-state index contributed by atoms with van der Waals surface area (Å²) in [7, 11) is 0. The van der Waals surface area contributed by atoms with Crippen molar-refractivity contribution < 1.29 is 0 Å². The minimum atomic E-state index is -0.0662. The van der Waals surface area contributed by atoms with Gasteiger partial charge in [0.15, 0.2) is 5.96 Å². The number of nitrogens with two attached hydrogens (primary N) is 1. The molecule has 0 aromatic carbocycles. The van der Waals surface area contributed by atoms with Gasteiger partial charge in [0.2, 0.25) is 0 Å². The zero-order chi connectivity index (χ0) is 12.2. The van der Waals surface area contributed by atoms with Crippen LogP contribution in [0.15, 0.2) is 4.99 Å². The van der Waals surface area contributed by atoms with E-state index in [1.807, 2.05) is 20.8 Å². The molecule has 1 rings (SSSR count). The Morgan fingerprint density at radius 2 is 2.00 bits per heavy atom. The number of guanidine groups is 1. The number of aryl methyl sites for hydroxylation is 1. The van der Waals surface area contributed by atoms with Crippen LogP contribution in [-0.2, 0) is 13.0 Å². The molecule has 16 heavy (non-hydrogen) atoms. The third-order valence-electron chi connectivity index (χ3n) is 1.70. The van der Waals surface area contributed by atoms with Crippen molar-refractivity contribution in [1.29, 1.82) is 0 Å². The molecule has 0 saturated heterocycles. The molecule has 6 heteroatoms. The van der Waals surface area contributed by atoms with Crippen molar-refractivity contribution in [3.8, 4) is 0 Å². The van der Waals surface area contributed by atoms with E-state index in [2.05, 4.69) is 27.4 Å². The molecule has 1 aromatic heterocycles. The van der Waals surface area contributed by atoms with E-state index < -0.39 is 0 Å². The van der Waals surface area contributed by atoms with Gasteiger partial charge in [-0.2, -0.15) is 0 Å². The van der Waals surface area contributed by atoms with Crippen LogP contribution < -0.4 is 11.1 Å². The molecule has 0 amide bonds. The fourth-order valence-electron chi connectivity index (χ4n) is 1.07. The largest absolute Gasteiger partial charge is 0.370 e. The number of aliphatic imine (C=N–C) groups is 1. The van der Waals surface area contributed by atoms with E-state index in [4.69, 9.17) is 5.73 Å². The molecule has 0 fully saturated rings. The summed E-state index contributed by atoms with van der Waals surface area (Å²) in [5.41, 5.74) is 5.68. The quantitative estimate of drug-likeness (QED) is 0.618. The summed E-state index contributed by atoms with van der Waals surface area (Å²) < 4.78 is 0. The molecular formula is C10H19N5S. The topological polar surface area (TPSA) is 76.2 Å². The molecule has 1 heterocycles. The SMILES string of the molecule is CCc1nnc(CN=C(N)NC(C)(C)C)s1. The normalized spacial score (nSPS) is 12.9. The van der Waals surface area contributed by atoms with Crippen LogP contribution in [0.2, 0.25) is 0 Å². The Labute approximate surface area is 100 Å². The van der Waals surface area contributed by atoms with Gasteiger partial charge in [0.25, 0.3) is 0 Å². The van der Waals surface area contributed by atoms with Gasteiger partial charge in [0.1, 0.15) is 10.0 Å². The van der Waals surface area contributed by atoms with Crippen LogP contribution in [0.4, 0.5) is 0 Å². The average Bonchev–Trinajstić information content (AvgIpc) is 2.59. The van der Waals surface area contributed by atoms with Gasteiger partial charge in [-0.15, -0.1) is 10.2 Å². The first-order valence-electron chi connectivity index (χ1n) is 5.30. The Balaban J connectivity index is 2.52. The van der Waals surface area contributed by atoms with Gasteiger partial charge in [0.05, 0.1) is 6.54 Å². The van der Waals surface area contributed by atoms with Crippen LogP contribution >= 0.6 is 11.3 Å². The van der Waals surface area contributed by atoms with Crippen molar-refractivity contribution in [2.45, 2.75) is 46.2 Å². The highest BCUT2D eigenvalue weighted by molar-refractivity contribution is 7.11. The molecule has 0 radical (unpaired) electrons. The zero-order valence-corrected chi connectivity index (χ0v) is 11.1. The number of nitrogens with zero attached hydrogens (tertiary/aromatic N) is 3. The molecule has 0 aliphatic carbocycles. The van der Waals surface area contributed by atoms with E-state index in [9.17, 15) is 0 Å². The van der Waals surface area contributed by atoms with Crippen LogP contribution in [0.25, 0.3) is 0 Å². The predicted octanol–water partition coefficient (Wildman–Crippen LogP) is 1.30. The van der Waals surface area contributed by atoms with Crippen LogP contribution in [0.1, 0.15) is 37.7 Å². The lowest BCUT2D eigenvalue weighted by molar-refractivity contribution is 0.508. The van der Waals surface area contributed by atoms with Crippen molar-refractivity contribution in [2.75, 3.05) is 0 Å². The first-order valence-corrected chi connectivity index (χ1v) is 6.11. The first kappa shape index (κ1) is 12.9. The Morgan fingerprint density at radius 1 is 1.38 bits per heavy atom.